The molecule has 0 aliphatic carbocycles. The van der Waals surface area contributed by atoms with E-state index in [1.165, 1.54) is 11.1 Å². The van der Waals surface area contributed by atoms with Crippen molar-refractivity contribution in [3.63, 3.8) is 0 Å². The maximum atomic E-state index is 12.0. The van der Waals surface area contributed by atoms with Gasteiger partial charge < -0.3 is 9.73 Å². The number of carbonyl (C=O) groups is 1. The van der Waals surface area contributed by atoms with Crippen molar-refractivity contribution < 1.29 is 9.21 Å². The summed E-state index contributed by atoms with van der Waals surface area (Å²) in [4.78, 5) is 16.5. The van der Waals surface area contributed by atoms with Crippen LogP contribution in [-0.2, 0) is 29.5 Å². The van der Waals surface area contributed by atoms with E-state index in [1.54, 1.807) is 0 Å². The van der Waals surface area contributed by atoms with Crippen molar-refractivity contribution in [2.24, 2.45) is 0 Å². The quantitative estimate of drug-likeness (QED) is 0.707. The monoisotopic (exact) mass is 356 g/mol. The van der Waals surface area contributed by atoms with Crippen LogP contribution in [0.15, 0.2) is 28.7 Å². The summed E-state index contributed by atoms with van der Waals surface area (Å²) >= 11 is 0. The minimum absolute atomic E-state index is 0.0768. The van der Waals surface area contributed by atoms with E-state index in [0.29, 0.717) is 13.0 Å². The van der Waals surface area contributed by atoms with Gasteiger partial charge >= 0.3 is 0 Å². The zero-order valence-electron chi connectivity index (χ0n) is 16.8. The lowest BCUT2D eigenvalue weighted by atomic mass is 9.97. The Bertz CT molecular complexity index is 709. The van der Waals surface area contributed by atoms with Gasteiger partial charge in [-0.1, -0.05) is 52.0 Å². The minimum Gasteiger partial charge on any atom is -0.445 e. The summed E-state index contributed by atoms with van der Waals surface area (Å²) in [6.07, 6.45) is 4.01. The molecule has 0 bridgehead atoms. The maximum Gasteiger partial charge on any atom is 0.220 e. The summed E-state index contributed by atoms with van der Waals surface area (Å²) in [6, 6.07) is 8.51. The number of carbonyl (C=O) groups excluding carboxylic acids is 1. The molecular formula is C22H32N2O2. The highest BCUT2D eigenvalue weighted by Gasteiger charge is 2.21. The number of benzene rings is 1. The minimum atomic E-state index is -0.0768. The van der Waals surface area contributed by atoms with Crippen LogP contribution in [0.5, 0.6) is 0 Å². The largest absolute Gasteiger partial charge is 0.445 e. The van der Waals surface area contributed by atoms with E-state index in [2.05, 4.69) is 62.3 Å². The molecule has 0 unspecified atom stereocenters. The van der Waals surface area contributed by atoms with Crippen LogP contribution in [-0.4, -0.2) is 17.4 Å². The molecule has 0 aliphatic rings. The summed E-state index contributed by atoms with van der Waals surface area (Å²) in [5.41, 5.74) is 3.42. The first-order chi connectivity index (χ1) is 12.3. The first-order valence-electron chi connectivity index (χ1n) is 9.61. The molecule has 0 radical (unpaired) electrons. The maximum absolute atomic E-state index is 12.0. The average Bonchev–Trinajstić information content (AvgIpc) is 2.98. The van der Waals surface area contributed by atoms with E-state index in [1.807, 2.05) is 6.92 Å². The molecule has 4 nitrogen and oxygen atoms in total. The van der Waals surface area contributed by atoms with Crippen molar-refractivity contribution in [2.45, 2.75) is 72.1 Å². The van der Waals surface area contributed by atoms with E-state index in [-0.39, 0.29) is 11.3 Å². The number of rotatable bonds is 8. The number of hydrogen-bond donors (Lipinski definition) is 1. The molecule has 2 rings (SSSR count). The van der Waals surface area contributed by atoms with Gasteiger partial charge in [-0.2, -0.15) is 0 Å². The van der Waals surface area contributed by atoms with Gasteiger partial charge in [0.2, 0.25) is 5.91 Å². The second kappa shape index (κ2) is 9.02. The van der Waals surface area contributed by atoms with Crippen molar-refractivity contribution in [1.29, 1.82) is 0 Å². The Morgan fingerprint density at radius 3 is 2.35 bits per heavy atom. The molecule has 0 aliphatic heterocycles. The second-order valence-electron chi connectivity index (χ2n) is 7.90. The zero-order chi connectivity index (χ0) is 19.2. The fourth-order valence-corrected chi connectivity index (χ4v) is 2.75. The molecule has 0 saturated carbocycles. The van der Waals surface area contributed by atoms with Crippen molar-refractivity contribution in [3.05, 3.63) is 52.7 Å². The van der Waals surface area contributed by atoms with Crippen LogP contribution in [0.4, 0.5) is 0 Å². The molecule has 1 aromatic carbocycles. The van der Waals surface area contributed by atoms with Crippen LogP contribution in [0.2, 0.25) is 0 Å². The molecule has 1 aromatic heterocycles. The van der Waals surface area contributed by atoms with Gasteiger partial charge in [0.05, 0.1) is 5.69 Å². The zero-order valence-corrected chi connectivity index (χ0v) is 16.8. The number of nitrogens with one attached hydrogen (secondary N) is 1. The fourth-order valence-electron chi connectivity index (χ4n) is 2.75. The normalized spacial score (nSPS) is 11.6. The highest BCUT2D eigenvalue weighted by molar-refractivity contribution is 5.76. The first kappa shape index (κ1) is 20.2. The predicted molar refractivity (Wildman–Crippen MR) is 105 cm³/mol. The van der Waals surface area contributed by atoms with Crippen molar-refractivity contribution >= 4 is 5.91 Å². The molecule has 4 heteroatoms. The Balaban J connectivity index is 1.69. The number of aryl methyl sites for hydroxylation is 4. The third kappa shape index (κ3) is 6.01. The van der Waals surface area contributed by atoms with Gasteiger partial charge in [-0.05, 0) is 37.3 Å². The van der Waals surface area contributed by atoms with E-state index >= 15 is 0 Å². The smallest absolute Gasteiger partial charge is 0.220 e. The van der Waals surface area contributed by atoms with Crippen LogP contribution < -0.4 is 5.32 Å². The van der Waals surface area contributed by atoms with Crippen LogP contribution in [0.25, 0.3) is 0 Å². The molecule has 0 saturated heterocycles. The predicted octanol–water partition coefficient (Wildman–Crippen LogP) is 4.52. The van der Waals surface area contributed by atoms with Gasteiger partial charge in [0, 0.05) is 24.8 Å². The van der Waals surface area contributed by atoms with Crippen LogP contribution >= 0.6 is 0 Å². The third-order valence-electron chi connectivity index (χ3n) is 4.51. The lowest BCUT2D eigenvalue weighted by molar-refractivity contribution is -0.121. The van der Waals surface area contributed by atoms with Gasteiger partial charge in [0.25, 0.3) is 0 Å². The Morgan fingerprint density at radius 2 is 1.77 bits per heavy atom. The van der Waals surface area contributed by atoms with E-state index in [4.69, 9.17) is 4.42 Å². The lowest BCUT2D eigenvalue weighted by Crippen LogP contribution is -2.25. The number of oxazole rings is 1. The number of nitrogens with zero attached hydrogens (tertiary/aromatic N) is 1. The standard InChI is InChI=1S/C22H32N2O2/c1-6-17-9-11-18(12-10-17)13-14-20(25)23-15-7-8-19-16(2)24-21(26-19)22(3,4)5/h9-12H,6-8,13-15H2,1-5H3,(H,23,25). The van der Waals surface area contributed by atoms with Crippen molar-refractivity contribution in [2.75, 3.05) is 6.54 Å². The van der Waals surface area contributed by atoms with Crippen molar-refractivity contribution in [1.82, 2.24) is 10.3 Å². The molecule has 142 valence electrons. The molecule has 0 spiro atoms. The molecule has 2 aromatic rings. The lowest BCUT2D eigenvalue weighted by Gasteiger charge is -2.12. The summed E-state index contributed by atoms with van der Waals surface area (Å²) in [5, 5.41) is 3.00. The van der Waals surface area contributed by atoms with E-state index in [0.717, 1.165) is 43.0 Å². The highest BCUT2D eigenvalue weighted by atomic mass is 16.4. The summed E-state index contributed by atoms with van der Waals surface area (Å²) in [7, 11) is 0. The highest BCUT2D eigenvalue weighted by Crippen LogP contribution is 2.24. The SMILES string of the molecule is CCc1ccc(CCC(=O)NCCCc2oc(C(C)(C)C)nc2C)cc1. The second-order valence-corrected chi connectivity index (χ2v) is 7.90. The Kier molecular flexibility index (Phi) is 7.01. The summed E-state index contributed by atoms with van der Waals surface area (Å²) in [6.45, 7) is 11.1. The van der Waals surface area contributed by atoms with E-state index in [9.17, 15) is 4.79 Å². The number of hydrogen-bond acceptors (Lipinski definition) is 3. The van der Waals surface area contributed by atoms with Gasteiger partial charge in [0.15, 0.2) is 5.89 Å². The molecule has 1 N–H and O–H groups in total. The molecule has 0 fully saturated rings. The molecule has 26 heavy (non-hydrogen) atoms. The van der Waals surface area contributed by atoms with E-state index < -0.39 is 0 Å². The Labute approximate surface area is 157 Å². The number of aromatic nitrogens is 1. The Hall–Kier alpha value is -2.10. The van der Waals surface area contributed by atoms with Crippen LogP contribution in [0.3, 0.4) is 0 Å². The molecule has 1 heterocycles. The van der Waals surface area contributed by atoms with Gasteiger partial charge in [-0.25, -0.2) is 4.98 Å². The summed E-state index contributed by atoms with van der Waals surface area (Å²) in [5.74, 6) is 1.82. The molecular weight excluding hydrogens is 324 g/mol. The fraction of sp³-hybridized carbons (Fsp3) is 0.545. The van der Waals surface area contributed by atoms with Crippen LogP contribution in [0, 0.1) is 6.92 Å². The van der Waals surface area contributed by atoms with Gasteiger partial charge in [0.1, 0.15) is 5.76 Å². The number of amides is 1. The van der Waals surface area contributed by atoms with Gasteiger partial charge in [-0.3, -0.25) is 4.79 Å². The molecule has 0 atom stereocenters. The topological polar surface area (TPSA) is 55.1 Å². The Morgan fingerprint density at radius 1 is 1.12 bits per heavy atom. The average molecular weight is 357 g/mol. The molecule has 1 amide bonds. The third-order valence-corrected chi connectivity index (χ3v) is 4.51. The summed E-state index contributed by atoms with van der Waals surface area (Å²) < 4.78 is 5.89. The van der Waals surface area contributed by atoms with Crippen LogP contribution in [0.1, 0.15) is 69.0 Å². The van der Waals surface area contributed by atoms with Crippen molar-refractivity contribution in [3.8, 4) is 0 Å². The first-order valence-corrected chi connectivity index (χ1v) is 9.61. The van der Waals surface area contributed by atoms with Gasteiger partial charge in [-0.15, -0.1) is 0 Å².